The number of anilines is 1. The van der Waals surface area contributed by atoms with Crippen LogP contribution in [0, 0.1) is 6.92 Å². The SMILES string of the molecule is COc1cccc(C=NNc2ccccc2)c1OCc1ccccc1C. The summed E-state index contributed by atoms with van der Waals surface area (Å²) >= 11 is 0. The van der Waals surface area contributed by atoms with Gasteiger partial charge < -0.3 is 9.47 Å². The molecular weight excluding hydrogens is 324 g/mol. The van der Waals surface area contributed by atoms with Crippen molar-refractivity contribution in [1.82, 2.24) is 0 Å². The molecule has 3 aromatic rings. The Morgan fingerprint density at radius 3 is 2.46 bits per heavy atom. The highest BCUT2D eigenvalue weighted by molar-refractivity contribution is 5.85. The van der Waals surface area contributed by atoms with Crippen LogP contribution in [0.1, 0.15) is 16.7 Å². The van der Waals surface area contributed by atoms with Crippen LogP contribution in [0.15, 0.2) is 77.9 Å². The molecule has 0 aliphatic heterocycles. The van der Waals surface area contributed by atoms with Gasteiger partial charge in [0, 0.05) is 5.56 Å². The minimum Gasteiger partial charge on any atom is -0.493 e. The Hall–Kier alpha value is -3.27. The van der Waals surface area contributed by atoms with Crippen LogP contribution < -0.4 is 14.9 Å². The highest BCUT2D eigenvalue weighted by Gasteiger charge is 2.10. The molecule has 0 fully saturated rings. The number of hydrogen-bond acceptors (Lipinski definition) is 4. The van der Waals surface area contributed by atoms with Gasteiger partial charge in [-0.25, -0.2) is 0 Å². The fourth-order valence-electron chi connectivity index (χ4n) is 2.56. The van der Waals surface area contributed by atoms with Crippen molar-refractivity contribution in [3.8, 4) is 11.5 Å². The number of rotatable bonds is 7. The second-order valence-electron chi connectivity index (χ2n) is 5.83. The van der Waals surface area contributed by atoms with E-state index in [1.165, 1.54) is 5.56 Å². The Labute approximate surface area is 154 Å². The molecular formula is C22H22N2O2. The van der Waals surface area contributed by atoms with E-state index in [1.807, 2.05) is 60.7 Å². The van der Waals surface area contributed by atoms with Gasteiger partial charge >= 0.3 is 0 Å². The Kier molecular flexibility index (Phi) is 5.88. The second kappa shape index (κ2) is 8.72. The Morgan fingerprint density at radius 2 is 1.69 bits per heavy atom. The molecule has 0 saturated carbocycles. The highest BCUT2D eigenvalue weighted by atomic mass is 16.5. The lowest BCUT2D eigenvalue weighted by atomic mass is 10.1. The number of benzene rings is 3. The van der Waals surface area contributed by atoms with Crippen LogP contribution >= 0.6 is 0 Å². The number of hydrogen-bond donors (Lipinski definition) is 1. The number of ether oxygens (including phenoxy) is 2. The molecule has 4 heteroatoms. The van der Waals surface area contributed by atoms with Gasteiger partial charge in [-0.15, -0.1) is 0 Å². The summed E-state index contributed by atoms with van der Waals surface area (Å²) in [4.78, 5) is 0. The van der Waals surface area contributed by atoms with Crippen LogP contribution in [0.3, 0.4) is 0 Å². The van der Waals surface area contributed by atoms with Crippen molar-refractivity contribution in [3.05, 3.63) is 89.5 Å². The van der Waals surface area contributed by atoms with Crippen LogP contribution in [0.5, 0.6) is 11.5 Å². The smallest absolute Gasteiger partial charge is 0.170 e. The van der Waals surface area contributed by atoms with Crippen LogP contribution in [0.2, 0.25) is 0 Å². The number of nitrogens with one attached hydrogen (secondary N) is 1. The maximum Gasteiger partial charge on any atom is 0.170 e. The monoisotopic (exact) mass is 346 g/mol. The zero-order valence-corrected chi connectivity index (χ0v) is 15.0. The quantitative estimate of drug-likeness (QED) is 0.482. The molecule has 0 aromatic heterocycles. The van der Waals surface area contributed by atoms with Crippen molar-refractivity contribution >= 4 is 11.9 Å². The molecule has 3 rings (SSSR count). The van der Waals surface area contributed by atoms with Crippen LogP contribution in [-0.2, 0) is 6.61 Å². The minimum absolute atomic E-state index is 0.472. The van der Waals surface area contributed by atoms with Gasteiger partial charge in [0.1, 0.15) is 6.61 Å². The van der Waals surface area contributed by atoms with Gasteiger partial charge in [0.2, 0.25) is 0 Å². The highest BCUT2D eigenvalue weighted by Crippen LogP contribution is 2.31. The Balaban J connectivity index is 1.78. The van der Waals surface area contributed by atoms with Crippen molar-refractivity contribution in [3.63, 3.8) is 0 Å². The van der Waals surface area contributed by atoms with E-state index in [1.54, 1.807) is 13.3 Å². The first-order valence-electron chi connectivity index (χ1n) is 8.46. The summed E-state index contributed by atoms with van der Waals surface area (Å²) in [6, 6.07) is 23.7. The molecule has 3 aromatic carbocycles. The number of methoxy groups -OCH3 is 1. The van der Waals surface area contributed by atoms with Crippen LogP contribution in [0.25, 0.3) is 0 Å². The first-order chi connectivity index (χ1) is 12.8. The first-order valence-corrected chi connectivity index (χ1v) is 8.46. The molecule has 0 radical (unpaired) electrons. The molecule has 0 amide bonds. The fourth-order valence-corrected chi connectivity index (χ4v) is 2.56. The van der Waals surface area contributed by atoms with E-state index >= 15 is 0 Å². The van der Waals surface area contributed by atoms with Gasteiger partial charge in [-0.2, -0.15) is 5.10 Å². The van der Waals surface area contributed by atoms with Gasteiger partial charge in [-0.1, -0.05) is 48.5 Å². The standard InChI is InChI=1S/C22H22N2O2/c1-17-9-6-7-10-19(17)16-26-22-18(11-8-14-21(22)25-2)15-23-24-20-12-4-3-5-13-20/h3-15,24H,16H2,1-2H3. The van der Waals surface area contributed by atoms with Crippen molar-refractivity contribution in [1.29, 1.82) is 0 Å². The van der Waals surface area contributed by atoms with Crippen LogP contribution in [-0.4, -0.2) is 13.3 Å². The maximum absolute atomic E-state index is 6.08. The lowest BCUT2D eigenvalue weighted by molar-refractivity contribution is 0.283. The van der Waals surface area contributed by atoms with E-state index in [0.717, 1.165) is 16.8 Å². The summed E-state index contributed by atoms with van der Waals surface area (Å²) < 4.78 is 11.5. The van der Waals surface area contributed by atoms with E-state index < -0.39 is 0 Å². The maximum atomic E-state index is 6.08. The van der Waals surface area contributed by atoms with Gasteiger partial charge in [0.05, 0.1) is 19.0 Å². The summed E-state index contributed by atoms with van der Waals surface area (Å²) in [6.45, 7) is 2.55. The molecule has 0 bridgehead atoms. The average molecular weight is 346 g/mol. The third-order valence-electron chi connectivity index (χ3n) is 4.03. The zero-order valence-electron chi connectivity index (χ0n) is 15.0. The van der Waals surface area contributed by atoms with E-state index in [-0.39, 0.29) is 0 Å². The molecule has 0 heterocycles. The fraction of sp³-hybridized carbons (Fsp3) is 0.136. The lowest BCUT2D eigenvalue weighted by Gasteiger charge is -2.14. The van der Waals surface area contributed by atoms with E-state index in [9.17, 15) is 0 Å². The zero-order chi connectivity index (χ0) is 18.2. The van der Waals surface area contributed by atoms with Gasteiger partial charge in [-0.3, -0.25) is 5.43 Å². The van der Waals surface area contributed by atoms with Gasteiger partial charge in [0.25, 0.3) is 0 Å². The molecule has 0 saturated heterocycles. The molecule has 132 valence electrons. The largest absolute Gasteiger partial charge is 0.493 e. The Morgan fingerprint density at radius 1 is 0.923 bits per heavy atom. The third kappa shape index (κ3) is 4.42. The molecule has 0 unspecified atom stereocenters. The molecule has 0 spiro atoms. The predicted octanol–water partition coefficient (Wildman–Crippen LogP) is 5.03. The molecule has 4 nitrogen and oxygen atoms in total. The predicted molar refractivity (Wildman–Crippen MR) is 106 cm³/mol. The number of hydrazone groups is 1. The molecule has 1 N–H and O–H groups in total. The summed E-state index contributed by atoms with van der Waals surface area (Å²) in [6.07, 6.45) is 1.74. The third-order valence-corrected chi connectivity index (χ3v) is 4.03. The van der Waals surface area contributed by atoms with Gasteiger partial charge in [0.15, 0.2) is 11.5 Å². The van der Waals surface area contributed by atoms with Crippen molar-refractivity contribution in [2.24, 2.45) is 5.10 Å². The molecule has 26 heavy (non-hydrogen) atoms. The molecule has 0 aliphatic rings. The van der Waals surface area contributed by atoms with E-state index in [4.69, 9.17) is 9.47 Å². The van der Waals surface area contributed by atoms with Crippen LogP contribution in [0.4, 0.5) is 5.69 Å². The summed E-state index contributed by atoms with van der Waals surface area (Å²) in [7, 11) is 1.64. The summed E-state index contributed by atoms with van der Waals surface area (Å²) in [5, 5.41) is 4.31. The number of para-hydroxylation sites is 2. The van der Waals surface area contributed by atoms with Crippen molar-refractivity contribution in [2.75, 3.05) is 12.5 Å². The summed E-state index contributed by atoms with van der Waals surface area (Å²) in [5.74, 6) is 1.36. The molecule has 0 atom stereocenters. The number of aryl methyl sites for hydroxylation is 1. The Bertz CT molecular complexity index is 876. The lowest BCUT2D eigenvalue weighted by Crippen LogP contribution is -2.02. The van der Waals surface area contributed by atoms with E-state index in [0.29, 0.717) is 18.1 Å². The number of nitrogens with zero attached hydrogens (tertiary/aromatic N) is 1. The first kappa shape index (κ1) is 17.5. The topological polar surface area (TPSA) is 42.8 Å². The van der Waals surface area contributed by atoms with Crippen molar-refractivity contribution < 1.29 is 9.47 Å². The normalized spacial score (nSPS) is 10.7. The van der Waals surface area contributed by atoms with Gasteiger partial charge in [-0.05, 0) is 42.3 Å². The molecule has 0 aliphatic carbocycles. The summed E-state index contributed by atoms with van der Waals surface area (Å²) in [5.41, 5.74) is 7.13. The minimum atomic E-state index is 0.472. The van der Waals surface area contributed by atoms with E-state index in [2.05, 4.69) is 29.6 Å². The second-order valence-corrected chi connectivity index (χ2v) is 5.83. The average Bonchev–Trinajstić information content (AvgIpc) is 2.68. The van der Waals surface area contributed by atoms with Crippen molar-refractivity contribution in [2.45, 2.75) is 13.5 Å².